The summed E-state index contributed by atoms with van der Waals surface area (Å²) in [5.41, 5.74) is 5.97. The molecular weight excluding hydrogens is 442 g/mol. The molecule has 0 bridgehead atoms. The lowest BCUT2D eigenvalue weighted by molar-refractivity contribution is -0.118. The Bertz CT molecular complexity index is 1260. The second kappa shape index (κ2) is 12.0. The van der Waals surface area contributed by atoms with Gasteiger partial charge >= 0.3 is 0 Å². The molecular formula is C32H39N3O. The Kier molecular flexibility index (Phi) is 8.61. The number of nitrogens with one attached hydrogen (secondary N) is 1. The molecule has 0 unspecified atom stereocenters. The molecule has 4 nitrogen and oxygen atoms in total. The number of rotatable bonds is 9. The monoisotopic (exact) mass is 481 g/mol. The number of aromatic nitrogens is 1. The number of amides is 1. The van der Waals surface area contributed by atoms with E-state index in [0.29, 0.717) is 5.92 Å². The standard InChI is InChI=1S/C32H39N3O/c1-5-7-14-29(11-6-2)35-23-27(30-15-8-9-16-31(30)35)22-34-19-17-25(18-20-34)26-12-10-13-28(21-26)33-32(36)24(3)4/h6-16,21,23-25H,2,5,17-20,22H2,1,3-4H3,(H,33,36)/b14-7-,29-11+. The zero-order valence-corrected chi connectivity index (χ0v) is 21.9. The van der Waals surface area contributed by atoms with Crippen molar-refractivity contribution < 1.29 is 4.79 Å². The van der Waals surface area contributed by atoms with E-state index in [2.05, 4.69) is 95.2 Å². The molecule has 0 aliphatic carbocycles. The van der Waals surface area contributed by atoms with Crippen molar-refractivity contribution in [1.82, 2.24) is 9.47 Å². The van der Waals surface area contributed by atoms with Crippen LogP contribution in [0.15, 0.2) is 85.6 Å². The molecule has 0 radical (unpaired) electrons. The first kappa shape index (κ1) is 25.7. The molecule has 1 aliphatic heterocycles. The summed E-state index contributed by atoms with van der Waals surface area (Å²) in [6.07, 6.45) is 13.9. The number of carbonyl (C=O) groups excluding carboxylic acids is 1. The van der Waals surface area contributed by atoms with Crippen LogP contribution < -0.4 is 5.32 Å². The zero-order valence-electron chi connectivity index (χ0n) is 21.9. The van der Waals surface area contributed by atoms with Crippen molar-refractivity contribution in [2.24, 2.45) is 5.92 Å². The van der Waals surface area contributed by atoms with Gasteiger partial charge in [-0.05, 0) is 79.7 Å². The second-order valence-electron chi connectivity index (χ2n) is 10.00. The number of hydrogen-bond acceptors (Lipinski definition) is 2. The Morgan fingerprint density at radius 3 is 2.64 bits per heavy atom. The molecule has 3 aromatic rings. The van der Waals surface area contributed by atoms with Crippen LogP contribution in [0.25, 0.3) is 16.6 Å². The van der Waals surface area contributed by atoms with Crippen LogP contribution in [0, 0.1) is 5.92 Å². The summed E-state index contributed by atoms with van der Waals surface area (Å²) >= 11 is 0. The van der Waals surface area contributed by atoms with Gasteiger partial charge in [-0.2, -0.15) is 0 Å². The molecule has 2 aromatic carbocycles. The Hall–Kier alpha value is -3.37. The fourth-order valence-electron chi connectivity index (χ4n) is 4.99. The largest absolute Gasteiger partial charge is 0.326 e. The van der Waals surface area contributed by atoms with E-state index in [1.54, 1.807) is 0 Å². The van der Waals surface area contributed by atoms with Crippen molar-refractivity contribution in [3.8, 4) is 0 Å². The molecule has 0 spiro atoms. The third-order valence-corrected chi connectivity index (χ3v) is 7.02. The first-order valence-electron chi connectivity index (χ1n) is 13.2. The normalized spacial score (nSPS) is 15.7. The summed E-state index contributed by atoms with van der Waals surface area (Å²) in [5.74, 6) is 0.575. The highest BCUT2D eigenvalue weighted by Crippen LogP contribution is 2.32. The second-order valence-corrected chi connectivity index (χ2v) is 10.00. The predicted octanol–water partition coefficient (Wildman–Crippen LogP) is 7.61. The van der Waals surface area contributed by atoms with Crippen LogP contribution in [0.5, 0.6) is 0 Å². The molecule has 1 N–H and O–H groups in total. The summed E-state index contributed by atoms with van der Waals surface area (Å²) in [6.45, 7) is 13.0. The number of para-hydroxylation sites is 1. The number of piperidine rings is 1. The van der Waals surface area contributed by atoms with Gasteiger partial charge in [-0.25, -0.2) is 0 Å². The van der Waals surface area contributed by atoms with E-state index < -0.39 is 0 Å². The van der Waals surface area contributed by atoms with E-state index in [9.17, 15) is 4.79 Å². The predicted molar refractivity (Wildman–Crippen MR) is 153 cm³/mol. The highest BCUT2D eigenvalue weighted by molar-refractivity contribution is 5.92. The number of hydrogen-bond donors (Lipinski definition) is 1. The van der Waals surface area contributed by atoms with Gasteiger partial charge in [-0.3, -0.25) is 9.69 Å². The maximum absolute atomic E-state index is 12.1. The van der Waals surface area contributed by atoms with Crippen LogP contribution in [-0.2, 0) is 11.3 Å². The molecule has 1 fully saturated rings. The lowest BCUT2D eigenvalue weighted by Gasteiger charge is -2.32. The van der Waals surface area contributed by atoms with Gasteiger partial charge in [0.15, 0.2) is 0 Å². The van der Waals surface area contributed by atoms with E-state index in [4.69, 9.17) is 0 Å². The first-order valence-corrected chi connectivity index (χ1v) is 13.2. The summed E-state index contributed by atoms with van der Waals surface area (Å²) in [4.78, 5) is 14.7. The molecule has 1 aromatic heterocycles. The van der Waals surface area contributed by atoms with E-state index in [1.165, 1.54) is 22.0 Å². The maximum atomic E-state index is 12.1. The highest BCUT2D eigenvalue weighted by atomic mass is 16.1. The first-order chi connectivity index (χ1) is 17.5. The number of allylic oxidation sites excluding steroid dienone is 5. The van der Waals surface area contributed by atoms with Crippen LogP contribution in [0.4, 0.5) is 5.69 Å². The molecule has 0 atom stereocenters. The van der Waals surface area contributed by atoms with Gasteiger partial charge in [0.05, 0.1) is 5.52 Å². The molecule has 4 rings (SSSR count). The van der Waals surface area contributed by atoms with Crippen LogP contribution in [0.1, 0.15) is 57.1 Å². The van der Waals surface area contributed by atoms with E-state index in [-0.39, 0.29) is 11.8 Å². The average molecular weight is 482 g/mol. The number of likely N-dealkylation sites (tertiary alicyclic amines) is 1. The average Bonchev–Trinajstić information content (AvgIpc) is 3.25. The van der Waals surface area contributed by atoms with Gasteiger partial charge < -0.3 is 9.88 Å². The van der Waals surface area contributed by atoms with Gasteiger partial charge in [0, 0.05) is 35.4 Å². The Balaban J connectivity index is 1.47. The maximum Gasteiger partial charge on any atom is 0.226 e. The van der Waals surface area contributed by atoms with Gasteiger partial charge in [-0.15, -0.1) is 0 Å². The van der Waals surface area contributed by atoms with Crippen molar-refractivity contribution in [2.75, 3.05) is 18.4 Å². The molecule has 4 heteroatoms. The van der Waals surface area contributed by atoms with Crippen LogP contribution in [0.3, 0.4) is 0 Å². The topological polar surface area (TPSA) is 37.3 Å². The number of nitrogens with zero attached hydrogens (tertiary/aromatic N) is 2. The lowest BCUT2D eigenvalue weighted by atomic mass is 9.89. The summed E-state index contributed by atoms with van der Waals surface area (Å²) in [6, 6.07) is 17.1. The van der Waals surface area contributed by atoms with Crippen LogP contribution in [0.2, 0.25) is 0 Å². The fraction of sp³-hybridized carbons (Fsp3) is 0.344. The van der Waals surface area contributed by atoms with Crippen LogP contribution >= 0.6 is 0 Å². The summed E-state index contributed by atoms with van der Waals surface area (Å²) in [7, 11) is 0. The Labute approximate surface area is 216 Å². The molecule has 1 amide bonds. The number of benzene rings is 2. The highest BCUT2D eigenvalue weighted by Gasteiger charge is 2.22. The minimum absolute atomic E-state index is 0.0196. The Morgan fingerprint density at radius 1 is 1.14 bits per heavy atom. The van der Waals surface area contributed by atoms with Crippen LogP contribution in [-0.4, -0.2) is 28.5 Å². The molecule has 2 heterocycles. The molecule has 36 heavy (non-hydrogen) atoms. The van der Waals surface area contributed by atoms with E-state index >= 15 is 0 Å². The van der Waals surface area contributed by atoms with Crippen molar-refractivity contribution in [3.05, 3.63) is 96.7 Å². The fourth-order valence-corrected chi connectivity index (χ4v) is 4.99. The molecule has 0 saturated carbocycles. The SMILES string of the molecule is C=C/C=C(\C=C/CC)n1cc(CN2CCC(c3cccc(NC(=O)C(C)C)c3)CC2)c2ccccc21. The number of anilines is 1. The van der Waals surface area contributed by atoms with Crippen molar-refractivity contribution in [1.29, 1.82) is 0 Å². The van der Waals surface area contributed by atoms with Gasteiger partial charge in [0.2, 0.25) is 5.91 Å². The van der Waals surface area contributed by atoms with Crippen molar-refractivity contribution >= 4 is 28.2 Å². The smallest absolute Gasteiger partial charge is 0.226 e. The summed E-state index contributed by atoms with van der Waals surface area (Å²) < 4.78 is 2.29. The molecule has 1 saturated heterocycles. The minimum atomic E-state index is -0.0196. The quantitative estimate of drug-likeness (QED) is 0.319. The summed E-state index contributed by atoms with van der Waals surface area (Å²) in [5, 5.41) is 4.36. The minimum Gasteiger partial charge on any atom is -0.326 e. The van der Waals surface area contributed by atoms with Crippen molar-refractivity contribution in [2.45, 2.75) is 52.5 Å². The number of carbonyl (C=O) groups is 1. The third-order valence-electron chi connectivity index (χ3n) is 7.02. The Morgan fingerprint density at radius 2 is 1.92 bits per heavy atom. The molecule has 188 valence electrons. The van der Waals surface area contributed by atoms with E-state index in [0.717, 1.165) is 50.3 Å². The third kappa shape index (κ3) is 6.06. The zero-order chi connectivity index (χ0) is 25.5. The van der Waals surface area contributed by atoms with Gasteiger partial charge in [0.25, 0.3) is 0 Å². The van der Waals surface area contributed by atoms with Gasteiger partial charge in [-0.1, -0.05) is 69.8 Å². The van der Waals surface area contributed by atoms with E-state index in [1.807, 2.05) is 26.0 Å². The number of fused-ring (bicyclic) bond motifs is 1. The lowest BCUT2D eigenvalue weighted by Crippen LogP contribution is -2.32. The van der Waals surface area contributed by atoms with Crippen molar-refractivity contribution in [3.63, 3.8) is 0 Å². The van der Waals surface area contributed by atoms with Gasteiger partial charge in [0.1, 0.15) is 0 Å². The molecule has 1 aliphatic rings.